The van der Waals surface area contributed by atoms with Crippen molar-refractivity contribution in [3.8, 4) is 0 Å². The van der Waals surface area contributed by atoms with Crippen LogP contribution in [0.15, 0.2) is 0 Å². The summed E-state index contributed by atoms with van der Waals surface area (Å²) in [5.74, 6) is 1.29. The quantitative estimate of drug-likeness (QED) is 0.0461. The van der Waals surface area contributed by atoms with Crippen molar-refractivity contribution in [3.05, 3.63) is 0 Å². The van der Waals surface area contributed by atoms with Crippen LogP contribution in [-0.2, 0) is 23.9 Å². The Bertz CT molecular complexity index is 690. The molecule has 0 atom stereocenters. The zero-order valence-electron chi connectivity index (χ0n) is 35.6. The first kappa shape index (κ1) is 50.6. The number of carbonyl (C=O) groups excluding carboxylic acids is 3. The molecule has 308 valence electrons. The van der Waals surface area contributed by atoms with E-state index in [-0.39, 0.29) is 11.9 Å². The lowest BCUT2D eigenvalue weighted by molar-refractivity contribution is -0.146. The van der Waals surface area contributed by atoms with Gasteiger partial charge in [-0.15, -0.1) is 0 Å². The van der Waals surface area contributed by atoms with Gasteiger partial charge in [0.25, 0.3) is 0 Å². The van der Waals surface area contributed by atoms with Gasteiger partial charge in [0.1, 0.15) is 5.78 Å². The molecular formula is C47H90O5. The van der Waals surface area contributed by atoms with Gasteiger partial charge in [-0.2, -0.15) is 0 Å². The van der Waals surface area contributed by atoms with Gasteiger partial charge in [-0.3, -0.25) is 14.4 Å². The van der Waals surface area contributed by atoms with Crippen molar-refractivity contribution in [1.82, 2.24) is 0 Å². The van der Waals surface area contributed by atoms with Crippen molar-refractivity contribution in [1.29, 1.82) is 0 Å². The van der Waals surface area contributed by atoms with Crippen molar-refractivity contribution in [2.75, 3.05) is 13.2 Å². The van der Waals surface area contributed by atoms with Crippen LogP contribution in [0.3, 0.4) is 0 Å². The number of Topliss-reactive ketones (excluding diaryl/α,β-unsaturated/α-hetero) is 1. The second-order valence-electron chi connectivity index (χ2n) is 16.3. The monoisotopic (exact) mass is 735 g/mol. The molecule has 0 aromatic rings. The van der Waals surface area contributed by atoms with Crippen LogP contribution in [0.4, 0.5) is 0 Å². The molecule has 0 fully saturated rings. The van der Waals surface area contributed by atoms with Gasteiger partial charge >= 0.3 is 11.9 Å². The number of esters is 2. The number of ether oxygens (including phenoxy) is 2. The summed E-state index contributed by atoms with van der Waals surface area (Å²) in [5.41, 5.74) is 0. The highest BCUT2D eigenvalue weighted by molar-refractivity contribution is 5.78. The van der Waals surface area contributed by atoms with Crippen LogP contribution < -0.4 is 0 Å². The molecule has 5 nitrogen and oxygen atoms in total. The van der Waals surface area contributed by atoms with Gasteiger partial charge in [-0.25, -0.2) is 0 Å². The molecule has 0 radical (unpaired) electrons. The SMILES string of the molecule is CCCCCCCC(CCCCCCC)COC(=O)CCCCCCC(=O)CCCCCCC(=O)OCC(CCCCCCC)CCCCCCC. The predicted octanol–water partition coefficient (Wildman–Crippen LogP) is 15.0. The standard InChI is InChI=1S/C47H90O5/c1-5-9-13-17-25-33-43(34-26-18-14-10-6-2)41-51-46(49)39-31-23-21-29-37-45(48)38-30-22-24-32-40-47(50)52-42-44(35-27-19-15-11-7-3)36-28-20-16-12-8-4/h43-44H,5-42H2,1-4H3. The van der Waals surface area contributed by atoms with Crippen LogP contribution >= 0.6 is 0 Å². The molecule has 0 bridgehead atoms. The smallest absolute Gasteiger partial charge is 0.305 e. The zero-order chi connectivity index (χ0) is 38.2. The number of rotatable bonds is 42. The van der Waals surface area contributed by atoms with Crippen LogP contribution in [0.5, 0.6) is 0 Å². The first-order valence-electron chi connectivity index (χ1n) is 23.3. The molecule has 0 unspecified atom stereocenters. The Morgan fingerprint density at radius 2 is 0.577 bits per heavy atom. The molecule has 0 N–H and O–H groups in total. The summed E-state index contributed by atoms with van der Waals surface area (Å²) in [5, 5.41) is 0. The van der Waals surface area contributed by atoms with E-state index in [2.05, 4.69) is 27.7 Å². The van der Waals surface area contributed by atoms with Gasteiger partial charge in [-0.1, -0.05) is 182 Å². The number of carbonyl (C=O) groups is 3. The van der Waals surface area contributed by atoms with E-state index in [1.54, 1.807) is 0 Å². The molecule has 0 aliphatic heterocycles. The summed E-state index contributed by atoms with van der Waals surface area (Å²) in [6.07, 6.45) is 40.4. The molecule has 0 aliphatic carbocycles. The Balaban J connectivity index is 3.96. The van der Waals surface area contributed by atoms with E-state index in [4.69, 9.17) is 9.47 Å². The summed E-state index contributed by atoms with van der Waals surface area (Å²) in [4.78, 5) is 37.2. The highest BCUT2D eigenvalue weighted by Gasteiger charge is 2.14. The highest BCUT2D eigenvalue weighted by atomic mass is 16.5. The Labute approximate surface area is 324 Å². The van der Waals surface area contributed by atoms with Gasteiger partial charge in [0.15, 0.2) is 0 Å². The third-order valence-electron chi connectivity index (χ3n) is 11.0. The number of hydrogen-bond donors (Lipinski definition) is 0. The first-order chi connectivity index (χ1) is 25.5. The van der Waals surface area contributed by atoms with Crippen molar-refractivity contribution >= 4 is 17.7 Å². The Kier molecular flexibility index (Phi) is 39.7. The van der Waals surface area contributed by atoms with Crippen LogP contribution in [0.1, 0.15) is 259 Å². The van der Waals surface area contributed by atoms with E-state index < -0.39 is 0 Å². The summed E-state index contributed by atoms with van der Waals surface area (Å²) in [6.45, 7) is 10.2. The van der Waals surface area contributed by atoms with Crippen LogP contribution in [0.25, 0.3) is 0 Å². The number of unbranched alkanes of at least 4 members (excludes halogenated alkanes) is 22. The van der Waals surface area contributed by atoms with Gasteiger partial charge in [-0.05, 0) is 63.2 Å². The fourth-order valence-electron chi connectivity index (χ4n) is 7.35. The summed E-state index contributed by atoms with van der Waals surface area (Å²) < 4.78 is 11.5. The fraction of sp³-hybridized carbons (Fsp3) is 0.936. The Morgan fingerprint density at radius 3 is 0.865 bits per heavy atom. The molecule has 52 heavy (non-hydrogen) atoms. The Hall–Kier alpha value is -1.39. The lowest BCUT2D eigenvalue weighted by Crippen LogP contribution is -2.14. The van der Waals surface area contributed by atoms with Gasteiger partial charge < -0.3 is 9.47 Å². The van der Waals surface area contributed by atoms with E-state index in [1.807, 2.05) is 0 Å². The van der Waals surface area contributed by atoms with Gasteiger partial charge in [0.05, 0.1) is 13.2 Å². The normalized spacial score (nSPS) is 11.5. The summed E-state index contributed by atoms with van der Waals surface area (Å²) in [7, 11) is 0. The lowest BCUT2D eigenvalue weighted by atomic mass is 9.95. The molecule has 0 aliphatic rings. The van der Waals surface area contributed by atoms with Crippen LogP contribution in [0.2, 0.25) is 0 Å². The molecule has 0 amide bonds. The minimum Gasteiger partial charge on any atom is -0.465 e. The average molecular weight is 735 g/mol. The molecule has 0 rings (SSSR count). The number of ketones is 1. The maximum Gasteiger partial charge on any atom is 0.305 e. The summed E-state index contributed by atoms with van der Waals surface area (Å²) in [6, 6.07) is 0. The van der Waals surface area contributed by atoms with Gasteiger partial charge in [0.2, 0.25) is 0 Å². The lowest BCUT2D eigenvalue weighted by Gasteiger charge is -2.17. The van der Waals surface area contributed by atoms with Crippen molar-refractivity contribution in [2.45, 2.75) is 259 Å². The third-order valence-corrected chi connectivity index (χ3v) is 11.0. The minimum absolute atomic E-state index is 0.0446. The zero-order valence-corrected chi connectivity index (χ0v) is 35.6. The van der Waals surface area contributed by atoms with Crippen molar-refractivity contribution < 1.29 is 23.9 Å². The second kappa shape index (κ2) is 40.8. The van der Waals surface area contributed by atoms with Crippen LogP contribution in [0, 0.1) is 11.8 Å². The molecule has 5 heteroatoms. The molecule has 0 saturated carbocycles. The maximum absolute atomic E-state index is 12.4. The average Bonchev–Trinajstić information content (AvgIpc) is 3.14. The first-order valence-corrected chi connectivity index (χ1v) is 23.3. The van der Waals surface area contributed by atoms with E-state index in [0.29, 0.717) is 56.5 Å². The van der Waals surface area contributed by atoms with E-state index in [0.717, 1.165) is 51.4 Å². The summed E-state index contributed by atoms with van der Waals surface area (Å²) >= 11 is 0. The highest BCUT2D eigenvalue weighted by Crippen LogP contribution is 2.22. The molecule has 0 heterocycles. The molecular weight excluding hydrogens is 645 g/mol. The van der Waals surface area contributed by atoms with Crippen LogP contribution in [-0.4, -0.2) is 30.9 Å². The minimum atomic E-state index is -0.0446. The maximum atomic E-state index is 12.4. The van der Waals surface area contributed by atoms with Gasteiger partial charge in [0, 0.05) is 25.7 Å². The van der Waals surface area contributed by atoms with E-state index >= 15 is 0 Å². The van der Waals surface area contributed by atoms with E-state index in [9.17, 15) is 14.4 Å². The number of hydrogen-bond acceptors (Lipinski definition) is 5. The second-order valence-corrected chi connectivity index (χ2v) is 16.3. The van der Waals surface area contributed by atoms with E-state index in [1.165, 1.54) is 154 Å². The fourth-order valence-corrected chi connectivity index (χ4v) is 7.35. The Morgan fingerprint density at radius 1 is 0.327 bits per heavy atom. The van der Waals surface area contributed by atoms with Crippen molar-refractivity contribution in [2.24, 2.45) is 11.8 Å². The van der Waals surface area contributed by atoms with Crippen molar-refractivity contribution in [3.63, 3.8) is 0 Å². The third kappa shape index (κ3) is 36.9. The molecule has 0 spiro atoms. The predicted molar refractivity (Wildman–Crippen MR) is 223 cm³/mol. The largest absolute Gasteiger partial charge is 0.465 e. The molecule has 0 saturated heterocycles. The molecule has 0 aromatic heterocycles. The topological polar surface area (TPSA) is 69.7 Å². The molecule has 0 aromatic carbocycles.